The summed E-state index contributed by atoms with van der Waals surface area (Å²) in [6.45, 7) is 5.83. The highest BCUT2D eigenvalue weighted by atomic mass is 32.1. The Morgan fingerprint density at radius 3 is 2.54 bits per heavy atom. The molecule has 1 saturated carbocycles. The first-order valence-electron chi connectivity index (χ1n) is 12.5. The molecular formula is C26H32N6O4S. The second kappa shape index (κ2) is 10.2. The Labute approximate surface area is 219 Å². The number of nitrogens with one attached hydrogen (secondary N) is 2. The molecule has 1 aliphatic carbocycles. The number of carbonyl (C=O) groups is 2. The van der Waals surface area contributed by atoms with E-state index in [1.807, 2.05) is 55.8 Å². The number of hydrogen-bond donors (Lipinski definition) is 4. The lowest BCUT2D eigenvalue weighted by molar-refractivity contribution is -0.155. The minimum Gasteiger partial charge on any atom is -0.380 e. The predicted molar refractivity (Wildman–Crippen MR) is 139 cm³/mol. The van der Waals surface area contributed by atoms with Gasteiger partial charge < -0.3 is 25.7 Å². The van der Waals surface area contributed by atoms with E-state index in [1.165, 1.54) is 11.3 Å². The Morgan fingerprint density at radius 2 is 1.86 bits per heavy atom. The molecule has 0 spiro atoms. The van der Waals surface area contributed by atoms with Crippen LogP contribution in [0.4, 0.5) is 5.13 Å². The van der Waals surface area contributed by atoms with Crippen molar-refractivity contribution in [2.45, 2.75) is 70.0 Å². The number of nitrogens with zero attached hydrogens (tertiary/aromatic N) is 4. The van der Waals surface area contributed by atoms with Crippen molar-refractivity contribution >= 4 is 28.3 Å². The molecule has 0 bridgehead atoms. The number of piperidine rings is 1. The van der Waals surface area contributed by atoms with Crippen LogP contribution in [0.1, 0.15) is 57.0 Å². The number of carbonyl (C=O) groups excluding carboxylic acids is 2. The van der Waals surface area contributed by atoms with Crippen LogP contribution in [0, 0.1) is 5.92 Å². The fourth-order valence-corrected chi connectivity index (χ4v) is 5.84. The predicted octanol–water partition coefficient (Wildman–Crippen LogP) is 2.41. The average molecular weight is 525 g/mol. The zero-order valence-corrected chi connectivity index (χ0v) is 21.8. The number of amides is 2. The molecule has 37 heavy (non-hydrogen) atoms. The van der Waals surface area contributed by atoms with Crippen LogP contribution in [0.25, 0.3) is 5.69 Å². The minimum atomic E-state index is -1.88. The molecule has 6 atom stereocenters. The maximum Gasteiger partial charge on any atom is 0.255 e. The van der Waals surface area contributed by atoms with E-state index < -0.39 is 30.1 Å². The summed E-state index contributed by atoms with van der Waals surface area (Å²) in [5.41, 5.74) is 2.46. The first-order chi connectivity index (χ1) is 17.7. The number of rotatable bonds is 9. The van der Waals surface area contributed by atoms with Gasteiger partial charge in [0.15, 0.2) is 17.3 Å². The first kappa shape index (κ1) is 25.4. The number of aromatic nitrogens is 3. The summed E-state index contributed by atoms with van der Waals surface area (Å²) < 4.78 is 1.72. The van der Waals surface area contributed by atoms with Gasteiger partial charge in [0.1, 0.15) is 0 Å². The van der Waals surface area contributed by atoms with Crippen molar-refractivity contribution in [1.82, 2.24) is 25.0 Å². The Hall–Kier alpha value is -3.28. The van der Waals surface area contributed by atoms with Gasteiger partial charge >= 0.3 is 0 Å². The van der Waals surface area contributed by atoms with E-state index in [-0.39, 0.29) is 18.1 Å². The fourth-order valence-electron chi connectivity index (χ4n) is 4.94. The Bertz CT molecular complexity index is 1240. The topological polar surface area (TPSA) is 133 Å². The van der Waals surface area contributed by atoms with Gasteiger partial charge in [-0.05, 0) is 63.3 Å². The Balaban J connectivity index is 1.22. The molecule has 2 aromatic heterocycles. The van der Waals surface area contributed by atoms with Crippen LogP contribution in [0.5, 0.6) is 0 Å². The third-order valence-electron chi connectivity index (χ3n) is 6.98. The number of hydrogen-bond acceptors (Lipinski definition) is 8. The van der Waals surface area contributed by atoms with Crippen LogP contribution in [0.15, 0.2) is 48.1 Å². The van der Waals surface area contributed by atoms with Gasteiger partial charge in [0.05, 0.1) is 23.5 Å². The van der Waals surface area contributed by atoms with Crippen molar-refractivity contribution in [2.24, 2.45) is 5.92 Å². The van der Waals surface area contributed by atoms with Gasteiger partial charge in [0, 0.05) is 29.9 Å². The van der Waals surface area contributed by atoms with E-state index >= 15 is 0 Å². The summed E-state index contributed by atoms with van der Waals surface area (Å²) in [5.74, 6) is -1.08. The van der Waals surface area contributed by atoms with E-state index in [0.717, 1.165) is 34.9 Å². The summed E-state index contributed by atoms with van der Waals surface area (Å²) in [7, 11) is 0. The van der Waals surface area contributed by atoms with Crippen LogP contribution in [0.2, 0.25) is 0 Å². The molecule has 4 N–H and O–H groups in total. The molecule has 1 aromatic carbocycles. The molecule has 196 valence electrons. The quantitative estimate of drug-likeness (QED) is 0.338. The van der Waals surface area contributed by atoms with Crippen LogP contribution in [0.3, 0.4) is 0 Å². The molecule has 0 radical (unpaired) electrons. The molecule has 0 unspecified atom stereocenters. The monoisotopic (exact) mass is 524 g/mol. The highest BCUT2D eigenvalue weighted by molar-refractivity contribution is 7.13. The number of aliphatic hydroxyl groups is 2. The summed E-state index contributed by atoms with van der Waals surface area (Å²) in [6, 6.07) is 8.83. The van der Waals surface area contributed by atoms with E-state index in [9.17, 15) is 19.8 Å². The Morgan fingerprint density at radius 1 is 1.11 bits per heavy atom. The van der Waals surface area contributed by atoms with Crippen molar-refractivity contribution in [3.63, 3.8) is 0 Å². The third-order valence-corrected chi connectivity index (χ3v) is 7.77. The highest BCUT2D eigenvalue weighted by Crippen LogP contribution is 2.53. The maximum atomic E-state index is 13.3. The molecule has 2 aliphatic rings. The average Bonchev–Trinajstić information content (AvgIpc) is 3.29. The molecule has 1 saturated heterocycles. The second-order valence-corrected chi connectivity index (χ2v) is 11.0. The summed E-state index contributed by atoms with van der Waals surface area (Å²) >= 11 is 1.48. The van der Waals surface area contributed by atoms with E-state index in [0.29, 0.717) is 5.92 Å². The highest BCUT2D eigenvalue weighted by Gasteiger charge is 2.56. The largest absolute Gasteiger partial charge is 0.380 e. The summed E-state index contributed by atoms with van der Waals surface area (Å²) in [4.78, 5) is 32.3. The van der Waals surface area contributed by atoms with Gasteiger partial charge in [-0.2, -0.15) is 5.10 Å². The minimum absolute atomic E-state index is 0.0119. The Kier molecular flexibility index (Phi) is 7.02. The molecule has 5 rings (SSSR count). The van der Waals surface area contributed by atoms with Crippen LogP contribution in [-0.2, 0) is 9.59 Å². The molecule has 2 amide bonds. The van der Waals surface area contributed by atoms with Gasteiger partial charge in [0.2, 0.25) is 0 Å². The van der Waals surface area contributed by atoms with Gasteiger partial charge in [-0.3, -0.25) is 9.59 Å². The van der Waals surface area contributed by atoms with Gasteiger partial charge in [0.25, 0.3) is 11.8 Å². The molecule has 3 heterocycles. The van der Waals surface area contributed by atoms with Crippen molar-refractivity contribution in [3.05, 3.63) is 59.4 Å². The lowest BCUT2D eigenvalue weighted by Gasteiger charge is -2.30. The van der Waals surface area contributed by atoms with E-state index in [1.54, 1.807) is 22.7 Å². The van der Waals surface area contributed by atoms with Crippen LogP contribution in [-0.4, -0.2) is 66.0 Å². The molecule has 3 aromatic rings. The smallest absolute Gasteiger partial charge is 0.255 e. The van der Waals surface area contributed by atoms with E-state index in [4.69, 9.17) is 0 Å². The number of thiazole rings is 1. The molecule has 11 heteroatoms. The lowest BCUT2D eigenvalue weighted by atomic mass is 10.1. The zero-order valence-electron chi connectivity index (χ0n) is 21.0. The number of benzene rings is 1. The molecule has 1 aliphatic heterocycles. The normalized spacial score (nSPS) is 22.9. The number of anilines is 1. The van der Waals surface area contributed by atoms with Crippen molar-refractivity contribution in [1.29, 1.82) is 0 Å². The lowest BCUT2D eigenvalue weighted by Crippen LogP contribution is -2.51. The number of likely N-dealkylation sites (tertiary alicyclic amines) is 1. The standard InChI is InChI=1S/C26H32N6O4S/c1-14(2)28-26-30-19(13-37-26)21-12-17-11-20(17)32(21)25(36)23(34)22(33)24(35)29-15(3)16-5-7-18(8-6-16)31-10-4-9-27-31/h4-10,13-15,17,20-23,33-34H,11-12H2,1-3H3,(H,28,30)(H,29,35)/t15-,17-,20-,21-,22-,23-/m1/s1. The molecule has 2 fully saturated rings. The van der Waals surface area contributed by atoms with E-state index in [2.05, 4.69) is 20.7 Å². The van der Waals surface area contributed by atoms with Crippen LogP contribution >= 0.6 is 11.3 Å². The zero-order chi connectivity index (χ0) is 26.3. The second-order valence-electron chi connectivity index (χ2n) is 10.1. The van der Waals surface area contributed by atoms with Gasteiger partial charge in [-0.1, -0.05) is 12.1 Å². The first-order valence-corrected chi connectivity index (χ1v) is 13.4. The fraction of sp³-hybridized carbons (Fsp3) is 0.462. The van der Waals surface area contributed by atoms with Gasteiger partial charge in [-0.15, -0.1) is 11.3 Å². The summed E-state index contributed by atoms with van der Waals surface area (Å²) in [5, 5.41) is 34.2. The molecule has 10 nitrogen and oxygen atoms in total. The summed E-state index contributed by atoms with van der Waals surface area (Å²) in [6.07, 6.45) is 1.41. The SMILES string of the molecule is CC(C)Nc1nc([C@H]2C[C@H]3C[C@H]3N2C(=O)[C@H](O)[C@@H](O)C(=O)N[C@H](C)c2ccc(-n3cccn3)cc2)cs1. The van der Waals surface area contributed by atoms with Crippen molar-refractivity contribution < 1.29 is 19.8 Å². The maximum absolute atomic E-state index is 13.3. The van der Waals surface area contributed by atoms with Gasteiger partial charge in [-0.25, -0.2) is 9.67 Å². The third kappa shape index (κ3) is 5.25. The van der Waals surface area contributed by atoms with Crippen molar-refractivity contribution in [3.8, 4) is 5.69 Å². The van der Waals surface area contributed by atoms with Crippen molar-refractivity contribution in [2.75, 3.05) is 5.32 Å². The van der Waals surface area contributed by atoms with Crippen LogP contribution < -0.4 is 10.6 Å². The number of aliphatic hydroxyl groups excluding tert-OH is 2. The number of fused-ring (bicyclic) bond motifs is 1. The molecular weight excluding hydrogens is 492 g/mol.